The number of aliphatic hydroxyl groups excluding tert-OH is 2. The van der Waals surface area contributed by atoms with Crippen LogP contribution in [0.15, 0.2) is 0 Å². The van der Waals surface area contributed by atoms with Crippen molar-refractivity contribution in [1.29, 1.82) is 0 Å². The van der Waals surface area contributed by atoms with Crippen LogP contribution in [-0.2, 0) is 14.3 Å². The summed E-state index contributed by atoms with van der Waals surface area (Å²) in [6.07, 6.45) is 29.8. The SMILES string of the molecule is CC.CC.CC.CCCCCC(CCCCC)CCOC(O)CCCCCCCN(CCCCO)CCCCCCCC(=O)OC.[CH2-]C[CH-]C(C)C[CH2-].[K+]. The molecule has 0 aromatic rings. The van der Waals surface area contributed by atoms with Crippen LogP contribution in [0.25, 0.3) is 0 Å². The fourth-order valence-corrected chi connectivity index (χ4v) is 5.86. The minimum Gasteiger partial charge on any atom is -0.469 e. The average molecular weight is 798 g/mol. The molecule has 0 spiro atoms. The van der Waals surface area contributed by atoms with Gasteiger partial charge in [-0.3, -0.25) is 4.79 Å². The third-order valence-corrected chi connectivity index (χ3v) is 9.18. The molecule has 2 atom stereocenters. The summed E-state index contributed by atoms with van der Waals surface area (Å²) in [7, 11) is 1.45. The first-order valence-corrected chi connectivity index (χ1v) is 23.0. The van der Waals surface area contributed by atoms with Crippen molar-refractivity contribution in [1.82, 2.24) is 4.90 Å². The number of esters is 1. The van der Waals surface area contributed by atoms with Crippen molar-refractivity contribution < 1.29 is 75.9 Å². The van der Waals surface area contributed by atoms with Crippen molar-refractivity contribution >= 4 is 5.97 Å². The summed E-state index contributed by atoms with van der Waals surface area (Å²) >= 11 is 0. The zero-order valence-electron chi connectivity index (χ0n) is 39.0. The number of carbonyl (C=O) groups is 1. The third-order valence-electron chi connectivity index (χ3n) is 9.18. The molecule has 54 heavy (non-hydrogen) atoms. The van der Waals surface area contributed by atoms with Gasteiger partial charge < -0.3 is 51.3 Å². The number of hydrogen-bond donors (Lipinski definition) is 2. The molecule has 2 N–H and O–H groups in total. The average Bonchev–Trinajstić information content (AvgIpc) is 3.19. The Bertz CT molecular complexity index is 603. The van der Waals surface area contributed by atoms with Crippen LogP contribution in [0.2, 0.25) is 0 Å². The zero-order chi connectivity index (χ0) is 41.2. The second kappa shape index (κ2) is 63.1. The maximum absolute atomic E-state index is 11.2. The Morgan fingerprint density at radius 1 is 0.667 bits per heavy atom. The van der Waals surface area contributed by atoms with Gasteiger partial charge in [-0.15, -0.1) is 0 Å². The van der Waals surface area contributed by atoms with Crippen molar-refractivity contribution in [3.8, 4) is 0 Å². The molecule has 326 valence electrons. The second-order valence-electron chi connectivity index (χ2n) is 13.7. The van der Waals surface area contributed by atoms with Crippen LogP contribution in [-0.4, -0.2) is 67.3 Å². The molecule has 0 heterocycles. The number of carbonyl (C=O) groups excluding carboxylic acids is 1. The van der Waals surface area contributed by atoms with Gasteiger partial charge in [0.1, 0.15) is 0 Å². The first-order valence-electron chi connectivity index (χ1n) is 23.0. The molecule has 0 rings (SSSR count). The molecule has 0 saturated carbocycles. The fourth-order valence-electron chi connectivity index (χ4n) is 5.86. The van der Waals surface area contributed by atoms with Crippen molar-refractivity contribution in [2.75, 3.05) is 40.0 Å². The number of hydrogen-bond acceptors (Lipinski definition) is 6. The molecule has 0 saturated heterocycles. The van der Waals surface area contributed by atoms with Crippen LogP contribution in [0.1, 0.15) is 223 Å². The summed E-state index contributed by atoms with van der Waals surface area (Å²) in [5.41, 5.74) is 0. The molecule has 7 heteroatoms. The van der Waals surface area contributed by atoms with E-state index >= 15 is 0 Å². The smallest absolute Gasteiger partial charge is 0.469 e. The summed E-state index contributed by atoms with van der Waals surface area (Å²) in [5.74, 6) is 1.30. The first kappa shape index (κ1) is 66.7. The number of nitrogens with zero attached hydrogens (tertiary/aromatic N) is 1. The number of methoxy groups -OCH3 is 1. The molecule has 0 amide bonds. The van der Waals surface area contributed by atoms with E-state index in [1.54, 1.807) is 0 Å². The molecule has 0 aliphatic rings. The quantitative estimate of drug-likeness (QED) is 0.0219. The summed E-state index contributed by atoms with van der Waals surface area (Å²) in [5, 5.41) is 19.4. The first-order chi connectivity index (χ1) is 25.9. The molecule has 0 aliphatic carbocycles. The largest absolute Gasteiger partial charge is 1.00 e. The van der Waals surface area contributed by atoms with E-state index in [2.05, 4.69) is 45.9 Å². The Morgan fingerprint density at radius 3 is 1.54 bits per heavy atom. The van der Waals surface area contributed by atoms with Gasteiger partial charge in [-0.25, -0.2) is 6.42 Å². The molecular weight excluding hydrogens is 698 g/mol. The number of aliphatic hydroxyl groups is 2. The maximum Gasteiger partial charge on any atom is 1.00 e. The van der Waals surface area contributed by atoms with Crippen LogP contribution >= 0.6 is 0 Å². The Balaban J connectivity index is -0.000000357. The van der Waals surface area contributed by atoms with Gasteiger partial charge >= 0.3 is 57.4 Å². The van der Waals surface area contributed by atoms with Gasteiger partial charge in [0.05, 0.1) is 7.11 Å². The molecule has 0 radical (unpaired) electrons. The summed E-state index contributed by atoms with van der Waals surface area (Å²) in [6, 6.07) is 0. The maximum atomic E-state index is 11.2. The molecular formula is C47H100KNO5-2. The zero-order valence-corrected chi connectivity index (χ0v) is 42.1. The van der Waals surface area contributed by atoms with Crippen molar-refractivity contribution in [2.45, 2.75) is 229 Å². The number of rotatable bonds is 35. The molecule has 0 bridgehead atoms. The van der Waals surface area contributed by atoms with Crippen LogP contribution in [0.4, 0.5) is 0 Å². The summed E-state index contributed by atoms with van der Waals surface area (Å²) < 4.78 is 10.5. The van der Waals surface area contributed by atoms with Gasteiger partial charge in [-0.2, -0.15) is 5.92 Å². The molecule has 0 aliphatic heterocycles. The minimum atomic E-state index is -0.602. The monoisotopic (exact) mass is 798 g/mol. The van der Waals surface area contributed by atoms with Gasteiger partial charge in [0.2, 0.25) is 0 Å². The molecule has 0 aromatic heterocycles. The Kier molecular flexibility index (Phi) is 78.0. The van der Waals surface area contributed by atoms with Crippen molar-refractivity contribution in [3.63, 3.8) is 0 Å². The van der Waals surface area contributed by atoms with E-state index in [0.717, 1.165) is 89.8 Å². The normalized spacial score (nSPS) is 11.4. The van der Waals surface area contributed by atoms with E-state index in [-0.39, 0.29) is 64.0 Å². The number of unbranched alkanes of at least 4 members (excludes halogenated alkanes) is 13. The fraction of sp³-hybridized carbons (Fsp3) is 0.915. The van der Waals surface area contributed by atoms with Gasteiger partial charge in [-0.1, -0.05) is 152 Å². The standard InChI is InChI=1S/C34H69NO5.C7H13.3C2H6.K/c1-4-6-14-22-32(23-15-7-5-2)26-31-40-34(38)25-17-11-9-13-19-28-35(29-20-21-30-36)27-18-12-8-10-16-24-33(37)39-3;1-4-6-7(3)5-2;3*1-2;/h32,34,36,38H,4-31H2,1-3H3;6-7H,1-2,4-5H2,3H3;3*1-2H3;/q;-3;;;;+1. The van der Waals surface area contributed by atoms with E-state index in [4.69, 9.17) is 14.6 Å². The Labute approximate surface area is 384 Å². The van der Waals surface area contributed by atoms with E-state index in [1.165, 1.54) is 97.0 Å². The van der Waals surface area contributed by atoms with Crippen LogP contribution in [0.3, 0.4) is 0 Å². The molecule has 2 unspecified atom stereocenters. The number of ether oxygens (including phenoxy) is 2. The predicted molar refractivity (Wildman–Crippen MR) is 236 cm³/mol. The van der Waals surface area contributed by atoms with Crippen molar-refractivity contribution in [3.05, 3.63) is 20.3 Å². The molecule has 6 nitrogen and oxygen atoms in total. The van der Waals surface area contributed by atoms with E-state index < -0.39 is 6.29 Å². The van der Waals surface area contributed by atoms with E-state index in [9.17, 15) is 9.90 Å². The summed E-state index contributed by atoms with van der Waals surface area (Å²) in [4.78, 5) is 13.8. The molecule has 0 aromatic carbocycles. The second-order valence-corrected chi connectivity index (χ2v) is 13.7. The van der Waals surface area contributed by atoms with Crippen LogP contribution < -0.4 is 51.4 Å². The van der Waals surface area contributed by atoms with Gasteiger partial charge in [0.25, 0.3) is 0 Å². The van der Waals surface area contributed by atoms with E-state index in [0.29, 0.717) is 18.9 Å². The van der Waals surface area contributed by atoms with Gasteiger partial charge in [-0.05, 0) is 76.9 Å². The van der Waals surface area contributed by atoms with Gasteiger partial charge in [0.15, 0.2) is 6.29 Å². The van der Waals surface area contributed by atoms with Crippen LogP contribution in [0.5, 0.6) is 0 Å². The molecule has 0 fully saturated rings. The van der Waals surface area contributed by atoms with Crippen molar-refractivity contribution in [2.24, 2.45) is 11.8 Å². The minimum absolute atomic E-state index is 0. The van der Waals surface area contributed by atoms with Crippen LogP contribution in [0, 0.1) is 32.1 Å². The topological polar surface area (TPSA) is 79.2 Å². The Morgan fingerprint density at radius 2 is 1.11 bits per heavy atom. The van der Waals surface area contributed by atoms with E-state index in [1.807, 2.05) is 41.5 Å². The van der Waals surface area contributed by atoms with Gasteiger partial charge in [0, 0.05) is 19.6 Å². The summed E-state index contributed by atoms with van der Waals surface area (Å²) in [6.45, 7) is 30.4. The third kappa shape index (κ3) is 59.6. The Hall–Kier alpha value is 0.946. The predicted octanol–water partition coefficient (Wildman–Crippen LogP) is 10.8.